The van der Waals surface area contributed by atoms with E-state index in [-0.39, 0.29) is 12.5 Å². The van der Waals surface area contributed by atoms with Crippen LogP contribution in [0, 0.1) is 0 Å². The van der Waals surface area contributed by atoms with Gasteiger partial charge in [-0.3, -0.25) is 9.69 Å². The third kappa shape index (κ3) is 4.22. The number of aliphatic carboxylic acids is 1. The van der Waals surface area contributed by atoms with Crippen molar-refractivity contribution in [2.45, 2.75) is 51.1 Å². The first kappa shape index (κ1) is 15.3. The molecular weight excluding hydrogens is 274 g/mol. The van der Waals surface area contributed by atoms with E-state index >= 15 is 0 Å². The van der Waals surface area contributed by atoms with Crippen LogP contribution in [0.5, 0.6) is 0 Å². The van der Waals surface area contributed by atoms with Gasteiger partial charge in [-0.15, -0.1) is 0 Å². The van der Waals surface area contributed by atoms with Crippen molar-refractivity contribution in [2.75, 3.05) is 6.54 Å². The number of carbonyl (C=O) groups is 1. The average molecular weight is 296 g/mol. The zero-order chi connectivity index (χ0) is 14.5. The van der Waals surface area contributed by atoms with Gasteiger partial charge in [0.15, 0.2) is 0 Å². The van der Waals surface area contributed by atoms with Crippen LogP contribution in [0.3, 0.4) is 0 Å². The van der Waals surface area contributed by atoms with Crippen molar-refractivity contribution in [2.24, 2.45) is 0 Å². The van der Waals surface area contributed by atoms with Gasteiger partial charge in [0.2, 0.25) is 0 Å². The third-order valence-electron chi connectivity index (χ3n) is 4.09. The zero-order valence-electron chi connectivity index (χ0n) is 11.9. The number of carboxylic acids is 1. The van der Waals surface area contributed by atoms with Gasteiger partial charge in [0.05, 0.1) is 6.42 Å². The average Bonchev–Trinajstić information content (AvgIpc) is 2.41. The monoisotopic (exact) mass is 295 g/mol. The summed E-state index contributed by atoms with van der Waals surface area (Å²) in [6, 6.07) is 8.47. The predicted octanol–water partition coefficient (Wildman–Crippen LogP) is 3.60. The van der Waals surface area contributed by atoms with Gasteiger partial charge in [0, 0.05) is 17.1 Å². The number of carboxylic acid groups (broad SMARTS) is 1. The first-order valence-electron chi connectivity index (χ1n) is 7.28. The van der Waals surface area contributed by atoms with E-state index in [0.29, 0.717) is 6.04 Å². The molecule has 1 saturated heterocycles. The summed E-state index contributed by atoms with van der Waals surface area (Å²) in [4.78, 5) is 13.4. The molecule has 1 aliphatic heterocycles. The van der Waals surface area contributed by atoms with Gasteiger partial charge in [0.1, 0.15) is 0 Å². The number of rotatable bonds is 5. The second-order valence-corrected chi connectivity index (χ2v) is 6.10. The second-order valence-electron chi connectivity index (χ2n) is 5.66. The highest BCUT2D eigenvalue weighted by Gasteiger charge is 2.28. The van der Waals surface area contributed by atoms with Gasteiger partial charge < -0.3 is 5.11 Å². The molecule has 0 radical (unpaired) electrons. The van der Waals surface area contributed by atoms with E-state index in [1.807, 2.05) is 12.1 Å². The van der Waals surface area contributed by atoms with E-state index in [0.717, 1.165) is 30.8 Å². The number of hydrogen-bond donors (Lipinski definition) is 1. The number of halogens is 1. The van der Waals surface area contributed by atoms with Crippen molar-refractivity contribution in [3.63, 3.8) is 0 Å². The highest BCUT2D eigenvalue weighted by Crippen LogP contribution is 2.24. The smallest absolute Gasteiger partial charge is 0.304 e. The molecule has 0 aliphatic carbocycles. The molecular formula is C16H22ClNO2. The maximum atomic E-state index is 11.0. The Morgan fingerprint density at radius 3 is 2.75 bits per heavy atom. The molecule has 0 amide bonds. The highest BCUT2D eigenvalue weighted by molar-refractivity contribution is 6.30. The summed E-state index contributed by atoms with van der Waals surface area (Å²) in [7, 11) is 0. The number of nitrogens with zero attached hydrogens (tertiary/aromatic N) is 1. The van der Waals surface area contributed by atoms with Crippen LogP contribution in [0.25, 0.3) is 0 Å². The fraction of sp³-hybridized carbons (Fsp3) is 0.562. The van der Waals surface area contributed by atoms with Crippen molar-refractivity contribution < 1.29 is 9.90 Å². The Labute approximate surface area is 125 Å². The molecule has 0 aromatic heterocycles. The standard InChI is InChI=1S/C16H22ClNO2/c1-12(10-13-5-7-14(17)8-6-13)18-9-3-2-4-15(18)11-16(19)20/h5-8,12,15H,2-4,9-11H2,1H3,(H,19,20). The summed E-state index contributed by atoms with van der Waals surface area (Å²) in [6.07, 6.45) is 4.50. The van der Waals surface area contributed by atoms with Crippen molar-refractivity contribution in [1.82, 2.24) is 4.90 Å². The van der Waals surface area contributed by atoms with E-state index in [1.54, 1.807) is 0 Å². The van der Waals surface area contributed by atoms with Crippen molar-refractivity contribution >= 4 is 17.6 Å². The molecule has 0 saturated carbocycles. The molecule has 2 unspecified atom stereocenters. The fourth-order valence-electron chi connectivity index (χ4n) is 3.10. The van der Waals surface area contributed by atoms with Crippen molar-refractivity contribution in [1.29, 1.82) is 0 Å². The molecule has 110 valence electrons. The lowest BCUT2D eigenvalue weighted by Crippen LogP contribution is -2.46. The summed E-state index contributed by atoms with van der Waals surface area (Å²) in [5.41, 5.74) is 1.25. The van der Waals surface area contributed by atoms with Crippen molar-refractivity contribution in [3.8, 4) is 0 Å². The van der Waals surface area contributed by atoms with E-state index in [1.165, 1.54) is 12.0 Å². The number of piperidine rings is 1. The van der Waals surface area contributed by atoms with Gasteiger partial charge in [-0.25, -0.2) is 0 Å². The molecule has 3 nitrogen and oxygen atoms in total. The topological polar surface area (TPSA) is 40.5 Å². The van der Waals surface area contributed by atoms with Crippen LogP contribution in [0.1, 0.15) is 38.2 Å². The van der Waals surface area contributed by atoms with Crippen LogP contribution in [-0.4, -0.2) is 34.6 Å². The maximum Gasteiger partial charge on any atom is 0.304 e. The quantitative estimate of drug-likeness (QED) is 0.902. The molecule has 2 rings (SSSR count). The molecule has 1 aromatic carbocycles. The summed E-state index contributed by atoms with van der Waals surface area (Å²) < 4.78 is 0. The SMILES string of the molecule is CC(Cc1ccc(Cl)cc1)N1CCCCC1CC(=O)O. The molecule has 2 atom stereocenters. The van der Waals surface area contributed by atoms with E-state index < -0.39 is 5.97 Å². The Hall–Kier alpha value is -1.06. The summed E-state index contributed by atoms with van der Waals surface area (Å²) in [5, 5.41) is 9.80. The Bertz CT molecular complexity index is 446. The predicted molar refractivity (Wildman–Crippen MR) is 81.2 cm³/mol. The lowest BCUT2D eigenvalue weighted by molar-refractivity contribution is -0.139. The van der Waals surface area contributed by atoms with Crippen LogP contribution in [-0.2, 0) is 11.2 Å². The Morgan fingerprint density at radius 2 is 2.10 bits per heavy atom. The maximum absolute atomic E-state index is 11.0. The molecule has 1 N–H and O–H groups in total. The van der Waals surface area contributed by atoms with Gasteiger partial charge in [0.25, 0.3) is 0 Å². The van der Waals surface area contributed by atoms with Crippen LogP contribution in [0.15, 0.2) is 24.3 Å². The van der Waals surface area contributed by atoms with Crippen LogP contribution in [0.4, 0.5) is 0 Å². The van der Waals surface area contributed by atoms with Gasteiger partial charge in [-0.2, -0.15) is 0 Å². The first-order valence-corrected chi connectivity index (χ1v) is 7.66. The lowest BCUT2D eigenvalue weighted by Gasteiger charge is -2.39. The number of benzene rings is 1. The van der Waals surface area contributed by atoms with E-state index in [9.17, 15) is 4.79 Å². The largest absolute Gasteiger partial charge is 0.481 e. The fourth-order valence-corrected chi connectivity index (χ4v) is 3.23. The van der Waals surface area contributed by atoms with Crippen LogP contribution >= 0.6 is 11.6 Å². The van der Waals surface area contributed by atoms with Gasteiger partial charge in [-0.1, -0.05) is 30.2 Å². The third-order valence-corrected chi connectivity index (χ3v) is 4.35. The van der Waals surface area contributed by atoms with Gasteiger partial charge >= 0.3 is 5.97 Å². The minimum Gasteiger partial charge on any atom is -0.481 e. The molecule has 0 bridgehead atoms. The molecule has 1 fully saturated rings. The summed E-state index contributed by atoms with van der Waals surface area (Å²) in [6.45, 7) is 3.20. The molecule has 1 aliphatic rings. The Balaban J connectivity index is 1.99. The van der Waals surface area contributed by atoms with Crippen LogP contribution in [0.2, 0.25) is 5.02 Å². The molecule has 4 heteroatoms. The second kappa shape index (κ2) is 7.09. The number of hydrogen-bond acceptors (Lipinski definition) is 2. The first-order chi connectivity index (χ1) is 9.56. The molecule has 20 heavy (non-hydrogen) atoms. The highest BCUT2D eigenvalue weighted by atomic mass is 35.5. The van der Waals surface area contributed by atoms with Crippen molar-refractivity contribution in [3.05, 3.63) is 34.9 Å². The molecule has 0 spiro atoms. The zero-order valence-corrected chi connectivity index (χ0v) is 12.6. The van der Waals surface area contributed by atoms with Crippen LogP contribution < -0.4 is 0 Å². The number of likely N-dealkylation sites (tertiary alicyclic amines) is 1. The molecule has 1 aromatic rings. The van der Waals surface area contributed by atoms with E-state index in [2.05, 4.69) is 24.0 Å². The lowest BCUT2D eigenvalue weighted by atomic mass is 9.95. The Morgan fingerprint density at radius 1 is 1.40 bits per heavy atom. The summed E-state index contributed by atoms with van der Waals surface area (Å²) in [5.74, 6) is -0.694. The summed E-state index contributed by atoms with van der Waals surface area (Å²) >= 11 is 5.90. The normalized spacial score (nSPS) is 21.6. The van der Waals surface area contributed by atoms with E-state index in [4.69, 9.17) is 16.7 Å². The molecule has 1 heterocycles. The van der Waals surface area contributed by atoms with Gasteiger partial charge in [-0.05, 0) is 50.4 Å². The minimum absolute atomic E-state index is 0.184. The minimum atomic E-state index is -0.694. The Kier molecular flexibility index (Phi) is 5.44.